The van der Waals surface area contributed by atoms with Crippen LogP contribution in [0, 0.1) is 0 Å². The van der Waals surface area contributed by atoms with Gasteiger partial charge in [0.15, 0.2) is 10.7 Å². The molecule has 0 aliphatic heterocycles. The Hall–Kier alpha value is -1.13. The van der Waals surface area contributed by atoms with E-state index in [0.29, 0.717) is 0 Å². The maximum atomic E-state index is 12.3. The van der Waals surface area contributed by atoms with Crippen molar-refractivity contribution in [2.75, 3.05) is 0 Å². The van der Waals surface area contributed by atoms with Crippen molar-refractivity contribution in [1.82, 2.24) is 0 Å². The molecule has 0 aliphatic rings. The average molecular weight is 322 g/mol. The number of benzene rings is 1. The summed E-state index contributed by atoms with van der Waals surface area (Å²) in [6.45, 7) is 0. The SMILES string of the molecule is FC(F)(F)c1cc(C(F)(F)F)cc([SH](F)(F)(F)F)c1. The molecule has 1 aromatic rings. The van der Waals surface area contributed by atoms with Crippen molar-refractivity contribution in [3.05, 3.63) is 29.3 Å². The van der Waals surface area contributed by atoms with Crippen molar-refractivity contribution in [1.29, 1.82) is 0 Å². The van der Waals surface area contributed by atoms with Crippen molar-refractivity contribution < 1.29 is 41.9 Å². The van der Waals surface area contributed by atoms with Crippen molar-refractivity contribution >= 4 is 10.7 Å². The van der Waals surface area contributed by atoms with Gasteiger partial charge in [0, 0.05) is 0 Å². The quantitative estimate of drug-likeness (QED) is 0.498. The van der Waals surface area contributed by atoms with Gasteiger partial charge < -0.3 is 0 Å². The molecule has 1 aromatic carbocycles. The molecule has 0 heterocycles. The lowest BCUT2D eigenvalue weighted by Crippen LogP contribution is -2.12. The van der Waals surface area contributed by atoms with Crippen LogP contribution in [0.3, 0.4) is 0 Å². The van der Waals surface area contributed by atoms with Crippen LogP contribution in [0.25, 0.3) is 0 Å². The number of halogens is 10. The molecule has 0 spiro atoms. The summed E-state index contributed by atoms with van der Waals surface area (Å²) in [4.78, 5) is -2.55. The fourth-order valence-electron chi connectivity index (χ4n) is 1.13. The molecule has 0 amide bonds. The van der Waals surface area contributed by atoms with Crippen LogP contribution in [0.5, 0.6) is 0 Å². The minimum absolute atomic E-state index is 0.508. The van der Waals surface area contributed by atoms with Crippen molar-refractivity contribution in [3.63, 3.8) is 0 Å². The van der Waals surface area contributed by atoms with Gasteiger partial charge in [0.05, 0.1) is 16.0 Å². The Morgan fingerprint density at radius 2 is 0.947 bits per heavy atom. The third kappa shape index (κ3) is 3.91. The molecule has 0 nitrogen and oxygen atoms in total. The van der Waals surface area contributed by atoms with Crippen LogP contribution in [0.4, 0.5) is 41.9 Å². The van der Waals surface area contributed by atoms with E-state index in [2.05, 4.69) is 0 Å². The Morgan fingerprint density at radius 3 is 1.16 bits per heavy atom. The predicted molar refractivity (Wildman–Crippen MR) is 48.1 cm³/mol. The molecule has 0 saturated carbocycles. The van der Waals surface area contributed by atoms with E-state index in [1.165, 1.54) is 0 Å². The number of thiol groups is 1. The van der Waals surface area contributed by atoms with Crippen LogP contribution >= 0.6 is 10.7 Å². The summed E-state index contributed by atoms with van der Waals surface area (Å²) in [5, 5.41) is 0. The molecule has 0 bridgehead atoms. The smallest absolute Gasteiger partial charge is 0.166 e. The van der Waals surface area contributed by atoms with Gasteiger partial charge in [-0.05, 0) is 18.2 Å². The van der Waals surface area contributed by atoms with Crippen molar-refractivity contribution in [2.24, 2.45) is 0 Å². The van der Waals surface area contributed by atoms with Gasteiger partial charge in [-0.1, -0.05) is 0 Å². The minimum atomic E-state index is -8.72. The van der Waals surface area contributed by atoms with Crippen LogP contribution < -0.4 is 0 Å². The van der Waals surface area contributed by atoms with E-state index in [9.17, 15) is 41.9 Å². The van der Waals surface area contributed by atoms with Crippen LogP contribution in [0.1, 0.15) is 11.1 Å². The van der Waals surface area contributed by atoms with Crippen molar-refractivity contribution in [2.45, 2.75) is 17.2 Å². The molecule has 19 heavy (non-hydrogen) atoms. The van der Waals surface area contributed by atoms with Gasteiger partial charge in [0.25, 0.3) is 0 Å². The summed E-state index contributed by atoms with van der Waals surface area (Å²) in [6.07, 6.45) is -10.9. The third-order valence-corrected chi connectivity index (χ3v) is 3.00. The summed E-state index contributed by atoms with van der Waals surface area (Å²) in [6, 6.07) is -1.86. The fraction of sp³-hybridized carbons (Fsp3) is 0.250. The summed E-state index contributed by atoms with van der Waals surface area (Å²) in [5.41, 5.74) is -4.42. The van der Waals surface area contributed by atoms with Gasteiger partial charge in [0.1, 0.15) is 0 Å². The second-order valence-electron chi connectivity index (χ2n) is 3.49. The first-order valence-electron chi connectivity index (χ1n) is 4.27. The lowest BCUT2D eigenvalue weighted by atomic mass is 10.1. The highest BCUT2D eigenvalue weighted by molar-refractivity contribution is 8.33. The highest BCUT2D eigenvalue weighted by atomic mass is 32.4. The molecule has 0 unspecified atom stereocenters. The van der Waals surface area contributed by atoms with Crippen LogP contribution in [0.15, 0.2) is 23.1 Å². The largest absolute Gasteiger partial charge is 0.416 e. The zero-order chi connectivity index (χ0) is 15.3. The molecule has 1 rings (SSSR count). The number of alkyl halides is 6. The zero-order valence-electron chi connectivity index (χ0n) is 8.46. The standard InChI is InChI=1S/C8H4F10S/c9-7(10,11)4-1-5(8(12,13)14)3-6(2-4)19(15,16,17)18/h1-3,19H. The van der Waals surface area contributed by atoms with Gasteiger partial charge in [-0.15, -0.1) is 15.5 Å². The lowest BCUT2D eigenvalue weighted by Gasteiger charge is -2.30. The molecular formula is C8H4F10S. The number of hydrogen-bond donors (Lipinski definition) is 1. The highest BCUT2D eigenvalue weighted by Gasteiger charge is 2.44. The molecule has 0 aliphatic carbocycles. The summed E-state index contributed by atoms with van der Waals surface area (Å²) < 4.78 is 123. The normalized spacial score (nSPS) is 16.0. The summed E-state index contributed by atoms with van der Waals surface area (Å²) in [5.74, 6) is 0. The fourth-order valence-corrected chi connectivity index (χ4v) is 1.80. The Kier molecular flexibility index (Phi) is 3.30. The van der Waals surface area contributed by atoms with E-state index in [0.717, 1.165) is 0 Å². The van der Waals surface area contributed by atoms with Gasteiger partial charge in [-0.2, -0.15) is 26.3 Å². The van der Waals surface area contributed by atoms with Gasteiger partial charge in [-0.25, -0.2) is 0 Å². The molecule has 11 heteroatoms. The van der Waals surface area contributed by atoms with Gasteiger partial charge >= 0.3 is 12.4 Å². The first-order valence-corrected chi connectivity index (χ1v) is 6.07. The van der Waals surface area contributed by atoms with Crippen molar-refractivity contribution in [3.8, 4) is 0 Å². The Morgan fingerprint density at radius 1 is 0.632 bits per heavy atom. The molecule has 0 aromatic heterocycles. The van der Waals surface area contributed by atoms with E-state index in [4.69, 9.17) is 0 Å². The first kappa shape index (κ1) is 15.9. The second kappa shape index (κ2) is 3.93. The van der Waals surface area contributed by atoms with E-state index >= 15 is 0 Å². The first-order chi connectivity index (χ1) is 8.07. The molecule has 0 N–H and O–H groups in total. The van der Waals surface area contributed by atoms with E-state index in [-0.39, 0.29) is 0 Å². The average Bonchev–Trinajstić information content (AvgIpc) is 2.11. The van der Waals surface area contributed by atoms with Crippen LogP contribution in [-0.4, -0.2) is 0 Å². The predicted octanol–water partition coefficient (Wildman–Crippen LogP) is 5.69. The highest BCUT2D eigenvalue weighted by Crippen LogP contribution is 2.82. The monoisotopic (exact) mass is 322 g/mol. The Labute approximate surface area is 100 Å². The molecule has 0 radical (unpaired) electrons. The molecule has 0 saturated heterocycles. The summed E-state index contributed by atoms with van der Waals surface area (Å²) >= 11 is 0. The summed E-state index contributed by atoms with van der Waals surface area (Å²) in [7, 11) is -8.72. The van der Waals surface area contributed by atoms with E-state index in [1.807, 2.05) is 0 Å². The van der Waals surface area contributed by atoms with Crippen LogP contribution in [-0.2, 0) is 12.4 Å². The maximum Gasteiger partial charge on any atom is 0.416 e. The van der Waals surface area contributed by atoms with E-state index < -0.39 is 57.3 Å². The topological polar surface area (TPSA) is 0 Å². The van der Waals surface area contributed by atoms with Crippen LogP contribution in [0.2, 0.25) is 0 Å². The maximum absolute atomic E-state index is 12.3. The number of hydrogen-bond acceptors (Lipinski definition) is 0. The lowest BCUT2D eigenvalue weighted by molar-refractivity contribution is -0.143. The molecule has 112 valence electrons. The zero-order valence-corrected chi connectivity index (χ0v) is 9.35. The van der Waals surface area contributed by atoms with E-state index in [1.54, 1.807) is 0 Å². The Balaban J connectivity index is 3.61. The molecular weight excluding hydrogens is 318 g/mol. The molecule has 0 fully saturated rings. The third-order valence-electron chi connectivity index (χ3n) is 1.96. The molecule has 0 atom stereocenters. The minimum Gasteiger partial charge on any atom is -0.166 e. The Bertz CT molecular complexity index is 449. The second-order valence-corrected chi connectivity index (χ2v) is 5.44. The van der Waals surface area contributed by atoms with Gasteiger partial charge in [0.2, 0.25) is 0 Å². The number of rotatable bonds is 1. The van der Waals surface area contributed by atoms with Gasteiger partial charge in [-0.3, -0.25) is 0 Å².